The van der Waals surface area contributed by atoms with E-state index in [1.807, 2.05) is 0 Å². The van der Waals surface area contributed by atoms with Crippen LogP contribution in [-0.4, -0.2) is 89.6 Å². The van der Waals surface area contributed by atoms with E-state index in [0.717, 1.165) is 25.7 Å². The lowest BCUT2D eigenvalue weighted by Crippen LogP contribution is -2.59. The number of aliphatic hydroxyl groups is 4. The molecule has 6 unspecified atom stereocenters. The second-order valence-corrected chi connectivity index (χ2v) is 8.74. The third-order valence-electron chi connectivity index (χ3n) is 5.72. The van der Waals surface area contributed by atoms with Crippen molar-refractivity contribution in [2.45, 2.75) is 115 Å². The highest BCUT2D eigenvalue weighted by Gasteiger charge is 2.44. The fraction of sp³-hybridized carbons (Fsp3) is 0.880. The van der Waals surface area contributed by atoms with Gasteiger partial charge < -0.3 is 39.4 Å². The van der Waals surface area contributed by atoms with Crippen LogP contribution in [0.2, 0.25) is 0 Å². The molecule has 0 saturated carbocycles. The van der Waals surface area contributed by atoms with Crippen molar-refractivity contribution in [2.75, 3.05) is 26.4 Å². The summed E-state index contributed by atoms with van der Waals surface area (Å²) in [5.74, 6) is -0.407. The van der Waals surface area contributed by atoms with Gasteiger partial charge in [-0.3, -0.25) is 4.79 Å². The van der Waals surface area contributed by atoms with Crippen LogP contribution in [0.25, 0.3) is 0 Å². The third-order valence-corrected chi connectivity index (χ3v) is 5.72. The summed E-state index contributed by atoms with van der Waals surface area (Å²) >= 11 is 0. The second kappa shape index (κ2) is 19.2. The topological polar surface area (TPSA) is 135 Å². The van der Waals surface area contributed by atoms with Gasteiger partial charge in [-0.25, -0.2) is 0 Å². The largest absolute Gasteiger partial charge is 0.457 e. The molecular weight excluding hydrogens is 444 g/mol. The number of ether oxygens (including phenoxy) is 4. The van der Waals surface area contributed by atoms with Crippen LogP contribution in [0.1, 0.15) is 78.1 Å². The Bertz CT molecular complexity index is 540. The molecule has 0 aromatic heterocycles. The predicted molar refractivity (Wildman–Crippen MR) is 127 cm³/mol. The van der Waals surface area contributed by atoms with E-state index in [1.54, 1.807) is 6.92 Å². The van der Waals surface area contributed by atoms with E-state index in [1.165, 1.54) is 32.1 Å². The molecule has 1 fully saturated rings. The van der Waals surface area contributed by atoms with Crippen LogP contribution in [0.3, 0.4) is 0 Å². The highest BCUT2D eigenvalue weighted by atomic mass is 16.7. The maximum Gasteiger partial charge on any atom is 0.305 e. The van der Waals surface area contributed by atoms with Gasteiger partial charge in [0.2, 0.25) is 0 Å². The third kappa shape index (κ3) is 12.6. The van der Waals surface area contributed by atoms with Gasteiger partial charge in [-0.1, -0.05) is 58.1 Å². The number of carbonyl (C=O) groups excluding carboxylic acids is 1. The Labute approximate surface area is 204 Å². The van der Waals surface area contributed by atoms with Gasteiger partial charge in [-0.15, -0.1) is 0 Å². The molecule has 0 spiro atoms. The Morgan fingerprint density at radius 1 is 0.912 bits per heavy atom. The average Bonchev–Trinajstić information content (AvgIpc) is 2.84. The monoisotopic (exact) mass is 490 g/mol. The molecule has 1 aliphatic heterocycles. The lowest BCUT2D eigenvalue weighted by Gasteiger charge is -2.39. The molecule has 6 atom stereocenters. The minimum atomic E-state index is -1.53. The number of carbonyl (C=O) groups is 1. The molecule has 0 radical (unpaired) electrons. The van der Waals surface area contributed by atoms with Crippen molar-refractivity contribution in [3.05, 3.63) is 12.2 Å². The van der Waals surface area contributed by atoms with E-state index < -0.39 is 49.4 Å². The number of esters is 1. The first-order valence-corrected chi connectivity index (χ1v) is 12.8. The molecule has 4 N–H and O–H groups in total. The van der Waals surface area contributed by atoms with E-state index in [4.69, 9.17) is 18.9 Å². The van der Waals surface area contributed by atoms with Gasteiger partial charge >= 0.3 is 5.97 Å². The van der Waals surface area contributed by atoms with Crippen LogP contribution in [0.5, 0.6) is 0 Å². The summed E-state index contributed by atoms with van der Waals surface area (Å²) in [7, 11) is 0. The highest BCUT2D eigenvalue weighted by molar-refractivity contribution is 5.69. The molecule has 34 heavy (non-hydrogen) atoms. The van der Waals surface area contributed by atoms with Gasteiger partial charge in [0.05, 0.1) is 19.8 Å². The van der Waals surface area contributed by atoms with Gasteiger partial charge in [0.25, 0.3) is 0 Å². The maximum atomic E-state index is 11.7. The lowest BCUT2D eigenvalue weighted by atomic mass is 9.99. The summed E-state index contributed by atoms with van der Waals surface area (Å²) in [6.45, 7) is 3.87. The number of unbranched alkanes of at least 4 members (excludes halogenated alkanes) is 7. The first kappa shape index (κ1) is 31.0. The van der Waals surface area contributed by atoms with Crippen molar-refractivity contribution < 1.29 is 44.2 Å². The lowest BCUT2D eigenvalue weighted by molar-refractivity contribution is -0.305. The summed E-state index contributed by atoms with van der Waals surface area (Å²) in [4.78, 5) is 11.7. The molecule has 0 aliphatic carbocycles. The summed E-state index contributed by atoms with van der Waals surface area (Å²) in [6, 6.07) is 0. The van der Waals surface area contributed by atoms with Crippen LogP contribution in [-0.2, 0) is 23.7 Å². The summed E-state index contributed by atoms with van der Waals surface area (Å²) < 4.78 is 21.8. The number of allylic oxidation sites excluding steroid dienone is 2. The smallest absolute Gasteiger partial charge is 0.305 e. The van der Waals surface area contributed by atoms with E-state index in [-0.39, 0.29) is 19.6 Å². The molecular formula is C25H46O9. The van der Waals surface area contributed by atoms with Crippen LogP contribution in [0.4, 0.5) is 0 Å². The van der Waals surface area contributed by atoms with Gasteiger partial charge in [0.15, 0.2) is 6.29 Å². The van der Waals surface area contributed by atoms with E-state index in [2.05, 4.69) is 19.1 Å². The SMILES string of the molecule is CCC/C=C\CCCCCCCCOCC(COC1OC(CO)C(O)C(O)C1O)OC(=O)CC. The van der Waals surface area contributed by atoms with Crippen LogP contribution >= 0.6 is 0 Å². The molecule has 0 amide bonds. The molecule has 0 bridgehead atoms. The zero-order valence-corrected chi connectivity index (χ0v) is 20.8. The predicted octanol–water partition coefficient (Wildman–Crippen LogP) is 2.23. The quantitative estimate of drug-likeness (QED) is 0.122. The molecule has 1 aliphatic rings. The fourth-order valence-corrected chi connectivity index (χ4v) is 3.58. The number of hydrogen-bond acceptors (Lipinski definition) is 9. The van der Waals surface area contributed by atoms with Gasteiger partial charge in [-0.05, 0) is 25.7 Å². The van der Waals surface area contributed by atoms with Crippen molar-refractivity contribution in [3.8, 4) is 0 Å². The van der Waals surface area contributed by atoms with E-state index >= 15 is 0 Å². The molecule has 0 aromatic carbocycles. The maximum absolute atomic E-state index is 11.7. The minimum absolute atomic E-state index is 0.124. The van der Waals surface area contributed by atoms with Crippen LogP contribution in [0.15, 0.2) is 12.2 Å². The van der Waals surface area contributed by atoms with Crippen LogP contribution < -0.4 is 0 Å². The molecule has 0 aromatic rings. The van der Waals surface area contributed by atoms with Gasteiger partial charge in [-0.2, -0.15) is 0 Å². The van der Waals surface area contributed by atoms with Crippen molar-refractivity contribution >= 4 is 5.97 Å². The molecule has 9 heteroatoms. The Kier molecular flexibility index (Phi) is 17.4. The van der Waals surface area contributed by atoms with Gasteiger partial charge in [0, 0.05) is 13.0 Å². The van der Waals surface area contributed by atoms with Crippen molar-refractivity contribution in [1.29, 1.82) is 0 Å². The van der Waals surface area contributed by atoms with Crippen molar-refractivity contribution in [3.63, 3.8) is 0 Å². The Hall–Kier alpha value is -1.07. The first-order valence-electron chi connectivity index (χ1n) is 12.8. The van der Waals surface area contributed by atoms with Crippen LogP contribution in [0, 0.1) is 0 Å². The molecule has 9 nitrogen and oxygen atoms in total. The molecule has 200 valence electrons. The molecule has 1 rings (SSSR count). The Balaban J connectivity index is 2.26. The fourth-order valence-electron chi connectivity index (χ4n) is 3.58. The average molecular weight is 491 g/mol. The summed E-state index contributed by atoms with van der Waals surface area (Å²) in [5, 5.41) is 39.1. The number of hydrogen-bond donors (Lipinski definition) is 4. The summed E-state index contributed by atoms with van der Waals surface area (Å²) in [6.07, 6.45) is 7.56. The zero-order chi connectivity index (χ0) is 25.2. The number of rotatable bonds is 19. The molecule has 1 heterocycles. The van der Waals surface area contributed by atoms with Crippen molar-refractivity contribution in [1.82, 2.24) is 0 Å². The van der Waals surface area contributed by atoms with Gasteiger partial charge in [0.1, 0.15) is 30.5 Å². The first-order chi connectivity index (χ1) is 16.4. The second-order valence-electron chi connectivity index (χ2n) is 8.74. The Morgan fingerprint density at radius 3 is 2.26 bits per heavy atom. The zero-order valence-electron chi connectivity index (χ0n) is 20.8. The Morgan fingerprint density at radius 2 is 1.59 bits per heavy atom. The standard InChI is InChI=1S/C25H46O9/c1-3-5-6-7-8-9-10-11-12-13-14-15-31-17-19(33-21(27)4-2)18-32-25-24(30)23(29)22(28)20(16-26)34-25/h6-7,19-20,22-26,28-30H,3-5,8-18H2,1-2H3/b7-6-. The van der Waals surface area contributed by atoms with Crippen molar-refractivity contribution in [2.24, 2.45) is 0 Å². The molecule has 1 saturated heterocycles. The number of aliphatic hydroxyl groups excluding tert-OH is 4. The normalized spacial score (nSPS) is 26.1. The minimum Gasteiger partial charge on any atom is -0.457 e. The van der Waals surface area contributed by atoms with E-state index in [9.17, 15) is 25.2 Å². The summed E-state index contributed by atoms with van der Waals surface area (Å²) in [5.41, 5.74) is 0. The highest BCUT2D eigenvalue weighted by Crippen LogP contribution is 2.22. The van der Waals surface area contributed by atoms with E-state index in [0.29, 0.717) is 6.61 Å².